The number of carbonyl (C=O) groups excluding carboxylic acids is 1. The molecule has 82 valence electrons. The minimum absolute atomic E-state index is 0.251. The summed E-state index contributed by atoms with van der Waals surface area (Å²) in [7, 11) is 0. The Kier molecular flexibility index (Phi) is 5.14. The van der Waals surface area contributed by atoms with Crippen LogP contribution in [0.1, 0.15) is 12.8 Å². The molecule has 1 aromatic carbocycles. The molecular formula is C10H12FNO2S. The van der Waals surface area contributed by atoms with Gasteiger partial charge in [-0.25, -0.2) is 9.87 Å². The molecule has 0 aliphatic rings. The highest BCUT2D eigenvalue weighted by molar-refractivity contribution is 7.99. The molecule has 0 atom stereocenters. The van der Waals surface area contributed by atoms with Gasteiger partial charge in [-0.3, -0.25) is 10.0 Å². The van der Waals surface area contributed by atoms with E-state index in [-0.39, 0.29) is 11.7 Å². The Morgan fingerprint density at radius 2 is 2.07 bits per heavy atom. The molecule has 0 spiro atoms. The first kappa shape index (κ1) is 12.0. The van der Waals surface area contributed by atoms with E-state index in [4.69, 9.17) is 5.21 Å². The third kappa shape index (κ3) is 4.80. The Bertz CT molecular complexity index is 316. The summed E-state index contributed by atoms with van der Waals surface area (Å²) in [6.07, 6.45) is 0.971. The van der Waals surface area contributed by atoms with Gasteiger partial charge in [0.15, 0.2) is 0 Å². The van der Waals surface area contributed by atoms with E-state index in [1.165, 1.54) is 12.1 Å². The Balaban J connectivity index is 2.20. The van der Waals surface area contributed by atoms with Crippen LogP contribution in [0, 0.1) is 5.82 Å². The van der Waals surface area contributed by atoms with Crippen molar-refractivity contribution in [3.05, 3.63) is 30.1 Å². The van der Waals surface area contributed by atoms with Gasteiger partial charge in [-0.15, -0.1) is 11.8 Å². The van der Waals surface area contributed by atoms with Gasteiger partial charge in [0, 0.05) is 11.3 Å². The fourth-order valence-corrected chi connectivity index (χ4v) is 1.86. The van der Waals surface area contributed by atoms with Crippen LogP contribution in [0.15, 0.2) is 29.2 Å². The molecule has 1 amide bonds. The smallest absolute Gasteiger partial charge is 0.243 e. The quantitative estimate of drug-likeness (QED) is 0.352. The van der Waals surface area contributed by atoms with Crippen molar-refractivity contribution in [1.29, 1.82) is 0 Å². The maximum absolute atomic E-state index is 12.5. The zero-order valence-electron chi connectivity index (χ0n) is 8.07. The third-order valence-electron chi connectivity index (χ3n) is 1.76. The predicted octanol–water partition coefficient (Wildman–Crippen LogP) is 2.20. The van der Waals surface area contributed by atoms with Crippen LogP contribution in [0.4, 0.5) is 4.39 Å². The number of hydroxylamine groups is 1. The summed E-state index contributed by atoms with van der Waals surface area (Å²) in [6, 6.07) is 6.21. The van der Waals surface area contributed by atoms with Crippen LogP contribution in [0.3, 0.4) is 0 Å². The van der Waals surface area contributed by atoms with Crippen LogP contribution in [0.5, 0.6) is 0 Å². The fourth-order valence-electron chi connectivity index (χ4n) is 1.01. The van der Waals surface area contributed by atoms with Gasteiger partial charge in [-0.2, -0.15) is 0 Å². The molecule has 0 aromatic heterocycles. The Labute approximate surface area is 91.6 Å². The van der Waals surface area contributed by atoms with Gasteiger partial charge in [0.1, 0.15) is 5.82 Å². The van der Waals surface area contributed by atoms with Crippen molar-refractivity contribution < 1.29 is 14.4 Å². The van der Waals surface area contributed by atoms with E-state index in [1.807, 2.05) is 0 Å². The zero-order chi connectivity index (χ0) is 11.1. The molecule has 3 nitrogen and oxygen atoms in total. The van der Waals surface area contributed by atoms with Crippen LogP contribution >= 0.6 is 11.8 Å². The summed E-state index contributed by atoms with van der Waals surface area (Å²) < 4.78 is 12.5. The van der Waals surface area contributed by atoms with Crippen LogP contribution < -0.4 is 5.48 Å². The van der Waals surface area contributed by atoms with Crippen molar-refractivity contribution in [2.75, 3.05) is 5.75 Å². The SMILES string of the molecule is O=C(CCCSc1ccc(F)cc1)NO. The number of thioether (sulfide) groups is 1. The molecule has 1 aromatic rings. The molecule has 0 saturated carbocycles. The minimum atomic E-state index is -0.380. The largest absolute Gasteiger partial charge is 0.289 e. The van der Waals surface area contributed by atoms with Crippen molar-refractivity contribution in [2.45, 2.75) is 17.7 Å². The standard InChI is InChI=1S/C10H12FNO2S/c11-8-3-5-9(6-4-8)15-7-1-2-10(13)12-14/h3-6,14H,1-2,7H2,(H,12,13). The monoisotopic (exact) mass is 229 g/mol. The van der Waals surface area contributed by atoms with E-state index in [1.54, 1.807) is 29.4 Å². The van der Waals surface area contributed by atoms with Gasteiger partial charge in [0.25, 0.3) is 0 Å². The maximum atomic E-state index is 12.5. The van der Waals surface area contributed by atoms with E-state index in [9.17, 15) is 9.18 Å². The van der Waals surface area contributed by atoms with Crippen molar-refractivity contribution in [2.24, 2.45) is 0 Å². The lowest BCUT2D eigenvalue weighted by atomic mass is 10.3. The van der Waals surface area contributed by atoms with E-state index in [0.29, 0.717) is 12.8 Å². The Morgan fingerprint density at radius 1 is 1.40 bits per heavy atom. The topological polar surface area (TPSA) is 49.3 Å². The zero-order valence-corrected chi connectivity index (χ0v) is 8.89. The number of hydrogen-bond acceptors (Lipinski definition) is 3. The first-order valence-corrected chi connectivity index (χ1v) is 5.52. The normalized spacial score (nSPS) is 10.0. The predicted molar refractivity (Wildman–Crippen MR) is 56.3 cm³/mol. The number of benzene rings is 1. The maximum Gasteiger partial charge on any atom is 0.243 e. The van der Waals surface area contributed by atoms with Crippen molar-refractivity contribution in [3.8, 4) is 0 Å². The van der Waals surface area contributed by atoms with Crippen LogP contribution in [-0.4, -0.2) is 16.9 Å². The first-order valence-electron chi connectivity index (χ1n) is 4.53. The molecule has 0 bridgehead atoms. The van der Waals surface area contributed by atoms with Crippen molar-refractivity contribution >= 4 is 17.7 Å². The summed E-state index contributed by atoms with van der Waals surface area (Å²) in [4.78, 5) is 11.6. The van der Waals surface area contributed by atoms with Gasteiger partial charge in [-0.05, 0) is 36.4 Å². The number of halogens is 1. The molecule has 5 heteroatoms. The van der Waals surface area contributed by atoms with Gasteiger partial charge in [-0.1, -0.05) is 0 Å². The number of carbonyl (C=O) groups is 1. The van der Waals surface area contributed by atoms with Gasteiger partial charge < -0.3 is 0 Å². The average Bonchev–Trinajstić information content (AvgIpc) is 2.26. The Morgan fingerprint density at radius 3 is 2.67 bits per heavy atom. The highest BCUT2D eigenvalue weighted by atomic mass is 32.2. The molecule has 15 heavy (non-hydrogen) atoms. The number of nitrogens with one attached hydrogen (secondary N) is 1. The number of amides is 1. The molecule has 2 N–H and O–H groups in total. The van der Waals surface area contributed by atoms with E-state index >= 15 is 0 Å². The molecule has 1 rings (SSSR count). The van der Waals surface area contributed by atoms with Gasteiger partial charge in [0.2, 0.25) is 5.91 Å². The van der Waals surface area contributed by atoms with Gasteiger partial charge >= 0.3 is 0 Å². The average molecular weight is 229 g/mol. The van der Waals surface area contributed by atoms with Crippen molar-refractivity contribution in [1.82, 2.24) is 5.48 Å². The Hall–Kier alpha value is -1.07. The molecule has 0 unspecified atom stereocenters. The fraction of sp³-hybridized carbons (Fsp3) is 0.300. The van der Waals surface area contributed by atoms with E-state index < -0.39 is 0 Å². The number of hydrogen-bond donors (Lipinski definition) is 2. The van der Waals surface area contributed by atoms with E-state index in [0.717, 1.165) is 10.6 Å². The minimum Gasteiger partial charge on any atom is -0.289 e. The summed E-state index contributed by atoms with van der Waals surface area (Å²) in [5.74, 6) is 0.132. The molecule has 0 aliphatic heterocycles. The van der Waals surface area contributed by atoms with Crippen LogP contribution in [0.25, 0.3) is 0 Å². The lowest BCUT2D eigenvalue weighted by Crippen LogP contribution is -2.17. The highest BCUT2D eigenvalue weighted by Crippen LogP contribution is 2.19. The lowest BCUT2D eigenvalue weighted by molar-refractivity contribution is -0.129. The van der Waals surface area contributed by atoms with Crippen LogP contribution in [-0.2, 0) is 4.79 Å². The summed E-state index contributed by atoms with van der Waals surface area (Å²) in [6.45, 7) is 0. The lowest BCUT2D eigenvalue weighted by Gasteiger charge is -2.00. The summed E-state index contributed by atoms with van der Waals surface area (Å²) >= 11 is 1.55. The highest BCUT2D eigenvalue weighted by Gasteiger charge is 1.99. The third-order valence-corrected chi connectivity index (χ3v) is 2.85. The molecule has 0 radical (unpaired) electrons. The molecule has 0 fully saturated rings. The molecule has 0 heterocycles. The van der Waals surface area contributed by atoms with E-state index in [2.05, 4.69) is 0 Å². The second kappa shape index (κ2) is 6.42. The number of rotatable bonds is 5. The van der Waals surface area contributed by atoms with Crippen molar-refractivity contribution in [3.63, 3.8) is 0 Å². The summed E-state index contributed by atoms with van der Waals surface area (Å²) in [5, 5.41) is 8.23. The van der Waals surface area contributed by atoms with Crippen LogP contribution in [0.2, 0.25) is 0 Å². The second-order valence-corrected chi connectivity index (χ2v) is 4.11. The molecule has 0 saturated heterocycles. The molecule has 0 aliphatic carbocycles. The second-order valence-electron chi connectivity index (χ2n) is 2.94. The first-order chi connectivity index (χ1) is 7.22. The molecular weight excluding hydrogens is 217 g/mol. The summed E-state index contributed by atoms with van der Waals surface area (Å²) in [5.41, 5.74) is 1.57. The van der Waals surface area contributed by atoms with Gasteiger partial charge in [0.05, 0.1) is 0 Å².